The standard InChI is InChI=1S/C25H23F4N5O2/c1-2-20(35)19-13-17(14-34(19)11-5-9-24(27,28)29)25(22(36)32-23(30)33-25)16-7-3-6-15(12-16)18-8-4-10-31-21(18)26/h3-4,6-8,10,12-14H,2,5,9,11H2,1H3,(H3,30,32,33,36)/t25-/m1/s1. The minimum absolute atomic E-state index is 0.0849. The lowest BCUT2D eigenvalue weighted by Crippen LogP contribution is -2.39. The molecule has 0 fully saturated rings. The Hall–Kier alpha value is -4.02. The van der Waals surface area contributed by atoms with Crippen molar-refractivity contribution in [3.63, 3.8) is 0 Å². The fourth-order valence-electron chi connectivity index (χ4n) is 4.30. The third kappa shape index (κ3) is 4.73. The largest absolute Gasteiger partial charge is 0.389 e. The van der Waals surface area contributed by atoms with Crippen molar-refractivity contribution >= 4 is 17.6 Å². The number of carbonyl (C=O) groups excluding carboxylic acids is 2. The number of ketones is 1. The van der Waals surface area contributed by atoms with Gasteiger partial charge in [0.15, 0.2) is 17.3 Å². The average molecular weight is 501 g/mol. The van der Waals surface area contributed by atoms with Gasteiger partial charge in [-0.3, -0.25) is 14.9 Å². The van der Waals surface area contributed by atoms with Gasteiger partial charge in [0.1, 0.15) is 0 Å². The fraction of sp³-hybridized carbons (Fsp3) is 0.280. The van der Waals surface area contributed by atoms with Crippen molar-refractivity contribution in [2.24, 2.45) is 10.7 Å². The van der Waals surface area contributed by atoms with Gasteiger partial charge in [0.2, 0.25) is 5.95 Å². The molecule has 1 aromatic carbocycles. The first-order valence-corrected chi connectivity index (χ1v) is 11.2. The zero-order valence-corrected chi connectivity index (χ0v) is 19.3. The van der Waals surface area contributed by atoms with Gasteiger partial charge in [0.25, 0.3) is 5.91 Å². The van der Waals surface area contributed by atoms with Crippen LogP contribution in [0.4, 0.5) is 17.6 Å². The van der Waals surface area contributed by atoms with E-state index < -0.39 is 30.0 Å². The van der Waals surface area contributed by atoms with E-state index in [2.05, 4.69) is 15.3 Å². The summed E-state index contributed by atoms with van der Waals surface area (Å²) in [7, 11) is 0. The van der Waals surface area contributed by atoms with Crippen LogP contribution in [0.15, 0.2) is 59.9 Å². The molecule has 0 radical (unpaired) electrons. The summed E-state index contributed by atoms with van der Waals surface area (Å²) in [6.45, 7) is 1.55. The lowest BCUT2D eigenvalue weighted by atomic mass is 9.83. The molecule has 3 N–H and O–H groups in total. The van der Waals surface area contributed by atoms with Crippen molar-refractivity contribution in [1.29, 1.82) is 0 Å². The van der Waals surface area contributed by atoms with Crippen molar-refractivity contribution in [2.75, 3.05) is 0 Å². The number of nitrogens with zero attached hydrogens (tertiary/aromatic N) is 3. The Morgan fingerprint density at radius 2 is 1.94 bits per heavy atom. The number of guanidine groups is 1. The highest BCUT2D eigenvalue weighted by atomic mass is 19.4. The molecule has 7 nitrogen and oxygen atoms in total. The Kier molecular flexibility index (Phi) is 6.66. The Morgan fingerprint density at radius 3 is 2.58 bits per heavy atom. The molecule has 0 spiro atoms. The maximum absolute atomic E-state index is 14.4. The van der Waals surface area contributed by atoms with Crippen LogP contribution in [0.25, 0.3) is 11.1 Å². The van der Waals surface area contributed by atoms with E-state index in [-0.39, 0.29) is 48.0 Å². The van der Waals surface area contributed by atoms with E-state index >= 15 is 0 Å². The van der Waals surface area contributed by atoms with Crippen LogP contribution >= 0.6 is 0 Å². The van der Waals surface area contributed by atoms with Crippen LogP contribution in [-0.2, 0) is 16.9 Å². The average Bonchev–Trinajstić information content (AvgIpc) is 3.39. The topological polar surface area (TPSA) is 102 Å². The van der Waals surface area contributed by atoms with E-state index in [1.807, 2.05) is 0 Å². The lowest BCUT2D eigenvalue weighted by Gasteiger charge is -2.24. The van der Waals surface area contributed by atoms with Gasteiger partial charge in [0.05, 0.1) is 5.69 Å². The summed E-state index contributed by atoms with van der Waals surface area (Å²) in [6, 6.07) is 11.0. The normalized spacial score (nSPS) is 17.7. The van der Waals surface area contributed by atoms with E-state index in [1.165, 1.54) is 29.1 Å². The third-order valence-corrected chi connectivity index (χ3v) is 5.99. The molecule has 3 aromatic rings. The molecule has 1 amide bonds. The second kappa shape index (κ2) is 9.56. The second-order valence-electron chi connectivity index (χ2n) is 8.39. The van der Waals surface area contributed by atoms with Crippen LogP contribution in [0.5, 0.6) is 0 Å². The maximum Gasteiger partial charge on any atom is 0.389 e. The van der Waals surface area contributed by atoms with Gasteiger partial charge in [-0.2, -0.15) is 17.6 Å². The Morgan fingerprint density at radius 1 is 1.17 bits per heavy atom. The summed E-state index contributed by atoms with van der Waals surface area (Å²) in [4.78, 5) is 34.0. The molecule has 11 heteroatoms. The first-order valence-electron chi connectivity index (χ1n) is 11.2. The number of aryl methyl sites for hydroxylation is 1. The molecule has 36 heavy (non-hydrogen) atoms. The van der Waals surface area contributed by atoms with Gasteiger partial charge >= 0.3 is 6.18 Å². The predicted octanol–water partition coefficient (Wildman–Crippen LogP) is 4.31. The molecule has 1 atom stereocenters. The maximum atomic E-state index is 14.4. The number of amides is 1. The number of hydrogen-bond donors (Lipinski definition) is 2. The molecule has 188 valence electrons. The summed E-state index contributed by atoms with van der Waals surface area (Å²) in [5.74, 6) is -1.77. The van der Waals surface area contributed by atoms with E-state index in [0.717, 1.165) is 0 Å². The van der Waals surface area contributed by atoms with Crippen molar-refractivity contribution in [3.05, 3.63) is 77.6 Å². The predicted molar refractivity (Wildman–Crippen MR) is 125 cm³/mol. The summed E-state index contributed by atoms with van der Waals surface area (Å²) in [5, 5.41) is 2.47. The number of halogens is 4. The number of rotatable bonds is 8. The molecule has 0 aliphatic carbocycles. The van der Waals surface area contributed by atoms with E-state index in [9.17, 15) is 27.2 Å². The van der Waals surface area contributed by atoms with Gasteiger partial charge in [-0.05, 0) is 41.8 Å². The Bertz CT molecular complexity index is 1350. The number of pyridine rings is 1. The number of alkyl halides is 3. The summed E-state index contributed by atoms with van der Waals surface area (Å²) in [6.07, 6.45) is -2.72. The van der Waals surface area contributed by atoms with Crippen LogP contribution in [0.3, 0.4) is 0 Å². The molecule has 2 aromatic heterocycles. The number of nitrogens with two attached hydrogens (primary N) is 1. The van der Waals surface area contributed by atoms with Gasteiger partial charge in [-0.1, -0.05) is 25.1 Å². The number of Topliss-reactive ketones (excluding diaryl/α,β-unsaturated/α-hetero) is 1. The van der Waals surface area contributed by atoms with Crippen LogP contribution in [0.1, 0.15) is 47.8 Å². The Balaban J connectivity index is 1.84. The highest BCUT2D eigenvalue weighted by Crippen LogP contribution is 2.39. The molecule has 0 bridgehead atoms. The summed E-state index contributed by atoms with van der Waals surface area (Å²) >= 11 is 0. The molecular formula is C25H23F4N5O2. The van der Waals surface area contributed by atoms with Gasteiger partial charge in [0, 0.05) is 42.9 Å². The number of aliphatic imine (C=N–C) groups is 1. The van der Waals surface area contributed by atoms with Crippen LogP contribution in [0.2, 0.25) is 0 Å². The number of aromatic nitrogens is 2. The fourth-order valence-corrected chi connectivity index (χ4v) is 4.30. The summed E-state index contributed by atoms with van der Waals surface area (Å²) in [5.41, 5.74) is 5.53. The quantitative estimate of drug-likeness (QED) is 0.273. The zero-order chi connectivity index (χ0) is 26.1. The minimum Gasteiger partial charge on any atom is -0.370 e. The van der Waals surface area contributed by atoms with E-state index in [0.29, 0.717) is 11.1 Å². The van der Waals surface area contributed by atoms with E-state index in [1.54, 1.807) is 37.3 Å². The smallest absolute Gasteiger partial charge is 0.370 e. The number of benzene rings is 1. The highest BCUT2D eigenvalue weighted by Gasteiger charge is 2.48. The molecule has 1 aliphatic heterocycles. The monoisotopic (exact) mass is 501 g/mol. The van der Waals surface area contributed by atoms with Gasteiger partial charge in [-0.25, -0.2) is 9.98 Å². The first-order chi connectivity index (χ1) is 17.0. The number of carbonyl (C=O) groups is 2. The van der Waals surface area contributed by atoms with Crippen LogP contribution in [0, 0.1) is 5.95 Å². The first kappa shape index (κ1) is 25.1. The van der Waals surface area contributed by atoms with Crippen molar-refractivity contribution in [3.8, 4) is 11.1 Å². The SMILES string of the molecule is CCC(=O)c1cc([C@@]2(c3cccc(-c4cccnc4F)c3)N=C(N)NC2=O)cn1CCCC(F)(F)F. The molecule has 0 saturated carbocycles. The Labute approximate surface area is 204 Å². The van der Waals surface area contributed by atoms with Crippen molar-refractivity contribution in [1.82, 2.24) is 14.9 Å². The molecule has 3 heterocycles. The van der Waals surface area contributed by atoms with Crippen LogP contribution in [-0.4, -0.2) is 33.4 Å². The van der Waals surface area contributed by atoms with Gasteiger partial charge < -0.3 is 10.3 Å². The van der Waals surface area contributed by atoms with Crippen LogP contribution < -0.4 is 11.1 Å². The van der Waals surface area contributed by atoms with Crippen molar-refractivity contribution in [2.45, 2.75) is 44.4 Å². The second-order valence-corrected chi connectivity index (χ2v) is 8.39. The zero-order valence-electron chi connectivity index (χ0n) is 19.3. The minimum atomic E-state index is -4.34. The number of hydrogen-bond acceptors (Lipinski definition) is 5. The molecule has 0 saturated heterocycles. The molecule has 0 unspecified atom stereocenters. The third-order valence-electron chi connectivity index (χ3n) is 5.99. The van der Waals surface area contributed by atoms with Crippen molar-refractivity contribution < 1.29 is 27.2 Å². The molecule has 1 aliphatic rings. The van der Waals surface area contributed by atoms with Gasteiger partial charge in [-0.15, -0.1) is 0 Å². The number of nitrogens with one attached hydrogen (secondary N) is 1. The van der Waals surface area contributed by atoms with E-state index in [4.69, 9.17) is 5.73 Å². The molecule has 4 rings (SSSR count). The highest BCUT2D eigenvalue weighted by molar-refractivity contribution is 6.09. The molecular weight excluding hydrogens is 478 g/mol. The lowest BCUT2D eigenvalue weighted by molar-refractivity contribution is -0.135. The summed E-state index contributed by atoms with van der Waals surface area (Å²) < 4.78 is 54.0.